The van der Waals surface area contributed by atoms with E-state index in [-0.39, 0.29) is 22.7 Å². The van der Waals surface area contributed by atoms with Crippen LogP contribution in [-0.2, 0) is 0 Å². The summed E-state index contributed by atoms with van der Waals surface area (Å²) in [6, 6.07) is 16.7. The molecule has 3 atom stereocenters. The molecule has 0 unspecified atom stereocenters. The molecule has 3 aromatic rings. The van der Waals surface area contributed by atoms with E-state index >= 15 is 0 Å². The van der Waals surface area contributed by atoms with E-state index in [9.17, 15) is 10.1 Å². The highest BCUT2D eigenvalue weighted by Crippen LogP contribution is 2.47. The van der Waals surface area contributed by atoms with E-state index in [4.69, 9.17) is 4.99 Å². The van der Waals surface area contributed by atoms with Gasteiger partial charge >= 0.3 is 0 Å². The van der Waals surface area contributed by atoms with E-state index in [1.807, 2.05) is 30.5 Å². The summed E-state index contributed by atoms with van der Waals surface area (Å²) in [7, 11) is 0. The van der Waals surface area contributed by atoms with Crippen molar-refractivity contribution in [1.82, 2.24) is 14.5 Å². The molecule has 5 rings (SSSR count). The van der Waals surface area contributed by atoms with Crippen LogP contribution in [0.1, 0.15) is 30.4 Å². The highest BCUT2D eigenvalue weighted by atomic mass is 32.2. The van der Waals surface area contributed by atoms with Crippen molar-refractivity contribution in [1.29, 1.82) is 0 Å². The first kappa shape index (κ1) is 17.9. The van der Waals surface area contributed by atoms with E-state index in [1.54, 1.807) is 42.2 Å². The third kappa shape index (κ3) is 3.09. The van der Waals surface area contributed by atoms with E-state index in [0.717, 1.165) is 28.8 Å². The summed E-state index contributed by atoms with van der Waals surface area (Å²) < 4.78 is 2.09. The zero-order valence-corrected chi connectivity index (χ0v) is 16.6. The van der Waals surface area contributed by atoms with Gasteiger partial charge < -0.3 is 9.47 Å². The van der Waals surface area contributed by atoms with Gasteiger partial charge in [-0.3, -0.25) is 20.1 Å². The number of nitro benzene ring substituents is 1. The van der Waals surface area contributed by atoms with Crippen molar-refractivity contribution in [3.8, 4) is 5.69 Å². The quantitative estimate of drug-likeness (QED) is 0.476. The van der Waals surface area contributed by atoms with Crippen molar-refractivity contribution in [3.63, 3.8) is 0 Å². The minimum atomic E-state index is -0.378. The van der Waals surface area contributed by atoms with Crippen molar-refractivity contribution in [2.45, 2.75) is 24.3 Å². The summed E-state index contributed by atoms with van der Waals surface area (Å²) in [5, 5.41) is 12.6. The van der Waals surface area contributed by atoms with Crippen LogP contribution >= 0.6 is 11.8 Å². The van der Waals surface area contributed by atoms with Crippen LogP contribution in [0.3, 0.4) is 0 Å². The van der Waals surface area contributed by atoms with Crippen LogP contribution < -0.4 is 0 Å². The molecule has 4 heterocycles. The SMILES string of the molecule is C[C@@H]1CN2C(=N[C@@H](c3ccccn3)[C@H]2c2cccn2-c2ccc([N+](=O)[O-])cc2)S1. The van der Waals surface area contributed by atoms with Crippen LogP contribution in [0.5, 0.6) is 0 Å². The molecule has 7 nitrogen and oxygen atoms in total. The standard InChI is InChI=1S/C21H19N5O2S/c1-14-13-25-20(19(23-21(25)29-14)17-5-2-3-11-22-17)18-6-4-12-24(18)15-7-9-16(10-8-15)26(27)28/h2-12,14,19-20H,13H2,1H3/t14-,19+,20-/m1/s1. The predicted molar refractivity (Wildman–Crippen MR) is 113 cm³/mol. The zero-order valence-electron chi connectivity index (χ0n) is 15.8. The largest absolute Gasteiger partial charge is 0.339 e. The fourth-order valence-corrected chi connectivity index (χ4v) is 5.14. The number of nitrogens with zero attached hydrogens (tertiary/aromatic N) is 5. The number of hydrogen-bond donors (Lipinski definition) is 0. The topological polar surface area (TPSA) is 76.6 Å². The summed E-state index contributed by atoms with van der Waals surface area (Å²) in [5.41, 5.74) is 3.03. The molecule has 2 aliphatic heterocycles. The van der Waals surface area contributed by atoms with Gasteiger partial charge in [-0.25, -0.2) is 0 Å². The van der Waals surface area contributed by atoms with E-state index in [1.165, 1.54) is 0 Å². The normalized spacial score (nSPS) is 23.1. The lowest BCUT2D eigenvalue weighted by atomic mass is 10.0. The maximum absolute atomic E-state index is 11.0. The maximum Gasteiger partial charge on any atom is 0.269 e. The molecule has 0 N–H and O–H groups in total. The zero-order chi connectivity index (χ0) is 20.0. The third-order valence-electron chi connectivity index (χ3n) is 5.30. The van der Waals surface area contributed by atoms with Crippen molar-refractivity contribution in [2.75, 3.05) is 6.54 Å². The Morgan fingerprint density at radius 1 is 1.14 bits per heavy atom. The van der Waals surface area contributed by atoms with Crippen molar-refractivity contribution < 1.29 is 4.92 Å². The second-order valence-electron chi connectivity index (χ2n) is 7.21. The van der Waals surface area contributed by atoms with Gasteiger partial charge in [-0.1, -0.05) is 24.8 Å². The molecule has 1 aromatic carbocycles. The molecule has 0 amide bonds. The van der Waals surface area contributed by atoms with Crippen LogP contribution in [-0.4, -0.2) is 36.3 Å². The highest BCUT2D eigenvalue weighted by molar-refractivity contribution is 8.14. The highest BCUT2D eigenvalue weighted by Gasteiger charge is 2.44. The van der Waals surface area contributed by atoms with Crippen LogP contribution in [0, 0.1) is 10.1 Å². The molecule has 0 spiro atoms. The van der Waals surface area contributed by atoms with Gasteiger partial charge in [-0.15, -0.1) is 0 Å². The predicted octanol–water partition coefficient (Wildman–Crippen LogP) is 4.37. The number of benzene rings is 1. The monoisotopic (exact) mass is 405 g/mol. The Balaban J connectivity index is 1.57. The number of fused-ring (bicyclic) bond motifs is 1. The molecule has 0 bridgehead atoms. The summed E-state index contributed by atoms with van der Waals surface area (Å²) in [6.07, 6.45) is 3.80. The number of amidine groups is 1. The number of rotatable bonds is 4. The van der Waals surface area contributed by atoms with Crippen molar-refractivity contribution >= 4 is 22.6 Å². The lowest BCUT2D eigenvalue weighted by Crippen LogP contribution is -2.30. The molecule has 0 aliphatic carbocycles. The summed E-state index contributed by atoms with van der Waals surface area (Å²) in [5.74, 6) is 0. The van der Waals surface area contributed by atoms with Gasteiger partial charge in [0, 0.05) is 47.7 Å². The molecular weight excluding hydrogens is 386 g/mol. The molecule has 0 radical (unpaired) electrons. The van der Waals surface area contributed by atoms with Crippen molar-refractivity contribution in [2.24, 2.45) is 4.99 Å². The molecule has 0 saturated carbocycles. The number of pyridine rings is 1. The van der Waals surface area contributed by atoms with Crippen LogP contribution in [0.25, 0.3) is 5.69 Å². The van der Waals surface area contributed by atoms with E-state index in [2.05, 4.69) is 27.4 Å². The maximum atomic E-state index is 11.0. The molecule has 2 aliphatic rings. The first-order valence-electron chi connectivity index (χ1n) is 9.46. The molecule has 146 valence electrons. The first-order valence-corrected chi connectivity index (χ1v) is 10.3. The van der Waals surface area contributed by atoms with Crippen molar-refractivity contribution in [3.05, 3.63) is 88.5 Å². The van der Waals surface area contributed by atoms with E-state index < -0.39 is 0 Å². The Kier molecular flexibility index (Phi) is 4.35. The second-order valence-corrected chi connectivity index (χ2v) is 8.62. The number of aromatic nitrogens is 2. The Morgan fingerprint density at radius 2 is 1.97 bits per heavy atom. The van der Waals surface area contributed by atoms with Gasteiger partial charge in [0.15, 0.2) is 5.17 Å². The number of aliphatic imine (C=N–C) groups is 1. The lowest BCUT2D eigenvalue weighted by Gasteiger charge is -2.28. The number of hydrogen-bond acceptors (Lipinski definition) is 6. The van der Waals surface area contributed by atoms with Crippen LogP contribution in [0.15, 0.2) is 72.0 Å². The Labute approximate surface area is 172 Å². The molecule has 8 heteroatoms. The number of non-ortho nitro benzene ring substituents is 1. The van der Waals surface area contributed by atoms with Gasteiger partial charge in [-0.05, 0) is 36.4 Å². The molecule has 29 heavy (non-hydrogen) atoms. The third-order valence-corrected chi connectivity index (χ3v) is 6.41. The molecule has 2 aromatic heterocycles. The number of nitro groups is 1. The molecular formula is C21H19N5O2S. The minimum Gasteiger partial charge on any atom is -0.339 e. The van der Waals surface area contributed by atoms with Gasteiger partial charge in [0.05, 0.1) is 16.7 Å². The number of thioether (sulfide) groups is 1. The summed E-state index contributed by atoms with van der Waals surface area (Å²) >= 11 is 1.81. The average Bonchev–Trinajstić information content (AvgIpc) is 3.42. The first-order chi connectivity index (χ1) is 14.1. The lowest BCUT2D eigenvalue weighted by molar-refractivity contribution is -0.384. The Hall–Kier alpha value is -3.13. The average molecular weight is 405 g/mol. The summed E-state index contributed by atoms with van der Waals surface area (Å²) in [6.45, 7) is 3.15. The summed E-state index contributed by atoms with van der Waals surface area (Å²) in [4.78, 5) is 22.6. The molecule has 1 fully saturated rings. The molecule has 1 saturated heterocycles. The van der Waals surface area contributed by atoms with Gasteiger partial charge in [0.2, 0.25) is 0 Å². The van der Waals surface area contributed by atoms with Gasteiger partial charge in [-0.2, -0.15) is 0 Å². The smallest absolute Gasteiger partial charge is 0.269 e. The van der Waals surface area contributed by atoms with E-state index in [0.29, 0.717) is 5.25 Å². The van der Waals surface area contributed by atoms with Crippen LogP contribution in [0.4, 0.5) is 5.69 Å². The fourth-order valence-electron chi connectivity index (χ4n) is 4.04. The van der Waals surface area contributed by atoms with Gasteiger partial charge in [0.1, 0.15) is 6.04 Å². The Bertz CT molecular complexity index is 1080. The fraction of sp³-hybridized carbons (Fsp3) is 0.238. The minimum absolute atomic E-state index is 0.0301. The van der Waals surface area contributed by atoms with Crippen LogP contribution in [0.2, 0.25) is 0 Å². The second kappa shape index (κ2) is 7.04. The van der Waals surface area contributed by atoms with Gasteiger partial charge in [0.25, 0.3) is 5.69 Å². The Morgan fingerprint density at radius 3 is 2.69 bits per heavy atom.